The van der Waals surface area contributed by atoms with Crippen molar-refractivity contribution in [3.05, 3.63) is 65.3 Å². The van der Waals surface area contributed by atoms with Gasteiger partial charge in [0.15, 0.2) is 0 Å². The summed E-state index contributed by atoms with van der Waals surface area (Å²) in [6.07, 6.45) is 1.20. The Bertz CT molecular complexity index is 999. The first-order chi connectivity index (χ1) is 12.8. The van der Waals surface area contributed by atoms with Gasteiger partial charge in [0.25, 0.3) is 0 Å². The van der Waals surface area contributed by atoms with Crippen LogP contribution in [0, 0.1) is 0 Å². The Morgan fingerprint density at radius 2 is 1.88 bits per heavy atom. The lowest BCUT2D eigenvalue weighted by Crippen LogP contribution is -2.11. The summed E-state index contributed by atoms with van der Waals surface area (Å²) < 4.78 is 9.78. The highest BCUT2D eigenvalue weighted by molar-refractivity contribution is 7.95. The molecule has 0 saturated heterocycles. The molecule has 2 aromatic heterocycles. The maximum absolute atomic E-state index is 5.68. The fourth-order valence-corrected chi connectivity index (χ4v) is 3.88. The number of nitrogens with two attached hydrogens (primary N) is 1. The van der Waals surface area contributed by atoms with Crippen LogP contribution in [0.1, 0.15) is 16.8 Å². The number of benzene rings is 2. The third-order valence-corrected chi connectivity index (χ3v) is 5.26. The van der Waals surface area contributed by atoms with Gasteiger partial charge in [-0.2, -0.15) is 0 Å². The molecule has 0 fully saturated rings. The number of fused-ring (bicyclic) bond motifs is 1. The predicted molar refractivity (Wildman–Crippen MR) is 106 cm³/mol. The molecule has 8 heteroatoms. The molecule has 0 bridgehead atoms. The van der Waals surface area contributed by atoms with Gasteiger partial charge < -0.3 is 4.42 Å². The summed E-state index contributed by atoms with van der Waals surface area (Å²) in [5, 5.41) is 14.5. The van der Waals surface area contributed by atoms with Crippen LogP contribution < -0.4 is 9.86 Å². The summed E-state index contributed by atoms with van der Waals surface area (Å²) in [5.41, 5.74) is 3.39. The molecular formula is C18H17N5OS2. The second kappa shape index (κ2) is 7.96. The number of nitrogens with one attached hydrogen (secondary N) is 1. The van der Waals surface area contributed by atoms with E-state index in [2.05, 4.69) is 50.2 Å². The molecule has 3 N–H and O–H groups in total. The summed E-state index contributed by atoms with van der Waals surface area (Å²) >= 11 is 2.74. The molecular weight excluding hydrogens is 366 g/mol. The zero-order valence-electron chi connectivity index (χ0n) is 13.9. The van der Waals surface area contributed by atoms with E-state index in [4.69, 9.17) is 9.56 Å². The van der Waals surface area contributed by atoms with Crippen molar-refractivity contribution in [2.45, 2.75) is 12.8 Å². The second-order valence-corrected chi connectivity index (χ2v) is 7.32. The van der Waals surface area contributed by atoms with Gasteiger partial charge in [0.2, 0.25) is 11.8 Å². The van der Waals surface area contributed by atoms with E-state index in [1.807, 2.05) is 18.2 Å². The van der Waals surface area contributed by atoms with E-state index in [1.165, 1.54) is 11.1 Å². The Kier molecular flexibility index (Phi) is 5.26. The topological polar surface area (TPSA) is 89.9 Å². The first-order valence-electron chi connectivity index (χ1n) is 8.16. The lowest BCUT2D eigenvalue weighted by atomic mass is 10.1. The summed E-state index contributed by atoms with van der Waals surface area (Å²) in [7, 11) is 0. The number of nitrogens with zero attached hydrogens (tertiary/aromatic N) is 3. The maximum atomic E-state index is 5.68. The van der Waals surface area contributed by atoms with Crippen molar-refractivity contribution in [2.24, 2.45) is 5.14 Å². The Hall–Kier alpha value is -2.26. The smallest absolute Gasteiger partial charge is 0.223 e. The number of rotatable bonds is 7. The van der Waals surface area contributed by atoms with Crippen molar-refractivity contribution in [1.29, 1.82) is 0 Å². The van der Waals surface area contributed by atoms with Gasteiger partial charge in [-0.15, -0.1) is 21.5 Å². The van der Waals surface area contributed by atoms with Crippen LogP contribution in [0.15, 0.2) is 52.9 Å². The molecule has 0 aliphatic heterocycles. The van der Waals surface area contributed by atoms with Crippen LogP contribution in [0.3, 0.4) is 0 Å². The average Bonchev–Trinajstić information content (AvgIpc) is 3.28. The summed E-state index contributed by atoms with van der Waals surface area (Å²) in [5.74, 6) is 1.19. The minimum atomic E-state index is 0.548. The number of hydrogen-bond acceptors (Lipinski definition) is 8. The molecule has 26 heavy (non-hydrogen) atoms. The molecule has 4 rings (SSSR count). The lowest BCUT2D eigenvalue weighted by Gasteiger charge is -2.00. The molecule has 0 aliphatic rings. The van der Waals surface area contributed by atoms with Gasteiger partial charge in [0, 0.05) is 25.1 Å². The van der Waals surface area contributed by atoms with Crippen molar-refractivity contribution >= 4 is 33.7 Å². The lowest BCUT2D eigenvalue weighted by molar-refractivity contribution is 0.457. The van der Waals surface area contributed by atoms with E-state index in [0.717, 1.165) is 27.4 Å². The van der Waals surface area contributed by atoms with Crippen LogP contribution in [0.25, 0.3) is 21.3 Å². The Balaban J connectivity index is 1.51. The highest BCUT2D eigenvalue weighted by Crippen LogP contribution is 2.29. The standard InChI is InChI=1S/C18H17N5OS2/c19-26-20-9-8-16-22-23-17(24-16)11-18-21-14-7-6-13(10-15(14)25-18)12-4-2-1-3-5-12/h1-7,10,20H,8-9,11,19H2. The van der Waals surface area contributed by atoms with E-state index in [-0.39, 0.29) is 0 Å². The van der Waals surface area contributed by atoms with Crippen molar-refractivity contribution in [1.82, 2.24) is 19.9 Å². The highest BCUT2D eigenvalue weighted by Gasteiger charge is 2.11. The molecule has 0 unspecified atom stereocenters. The van der Waals surface area contributed by atoms with Crippen LogP contribution in [-0.4, -0.2) is 21.7 Å². The molecule has 0 radical (unpaired) electrons. The quantitative estimate of drug-likeness (QED) is 0.372. The van der Waals surface area contributed by atoms with Crippen LogP contribution in [0.5, 0.6) is 0 Å². The number of hydrogen-bond donors (Lipinski definition) is 2. The van der Waals surface area contributed by atoms with E-state index in [1.54, 1.807) is 11.3 Å². The highest BCUT2D eigenvalue weighted by atomic mass is 32.2. The number of thiazole rings is 1. The minimum absolute atomic E-state index is 0.548. The third-order valence-electron chi connectivity index (χ3n) is 3.88. The van der Waals surface area contributed by atoms with E-state index < -0.39 is 0 Å². The monoisotopic (exact) mass is 383 g/mol. The van der Waals surface area contributed by atoms with Gasteiger partial charge in [-0.1, -0.05) is 36.4 Å². The fourth-order valence-electron chi connectivity index (χ4n) is 2.67. The molecule has 2 heterocycles. The van der Waals surface area contributed by atoms with Crippen molar-refractivity contribution in [2.75, 3.05) is 6.54 Å². The van der Waals surface area contributed by atoms with Gasteiger partial charge >= 0.3 is 0 Å². The Labute approximate surface area is 159 Å². The van der Waals surface area contributed by atoms with E-state index >= 15 is 0 Å². The zero-order valence-corrected chi connectivity index (χ0v) is 15.5. The van der Waals surface area contributed by atoms with Gasteiger partial charge in [-0.05, 0) is 23.3 Å². The molecule has 6 nitrogen and oxygen atoms in total. The number of aromatic nitrogens is 3. The molecule has 4 aromatic rings. The molecule has 132 valence electrons. The van der Waals surface area contributed by atoms with Gasteiger partial charge in [0.1, 0.15) is 5.01 Å². The second-order valence-electron chi connectivity index (χ2n) is 5.68. The maximum Gasteiger partial charge on any atom is 0.223 e. The largest absolute Gasteiger partial charge is 0.425 e. The SMILES string of the molecule is NSNCCc1nnc(Cc2nc3ccc(-c4ccccc4)cc3s2)o1. The van der Waals surface area contributed by atoms with Gasteiger partial charge in [-0.3, -0.25) is 9.86 Å². The van der Waals surface area contributed by atoms with E-state index in [0.29, 0.717) is 31.2 Å². The first kappa shape index (κ1) is 17.2. The molecule has 0 spiro atoms. The molecule has 0 amide bonds. The van der Waals surface area contributed by atoms with Crippen molar-refractivity contribution in [3.63, 3.8) is 0 Å². The zero-order chi connectivity index (χ0) is 17.8. The molecule has 0 aliphatic carbocycles. The molecule has 0 atom stereocenters. The fraction of sp³-hybridized carbons (Fsp3) is 0.167. The van der Waals surface area contributed by atoms with Crippen LogP contribution in [0.2, 0.25) is 0 Å². The van der Waals surface area contributed by atoms with Crippen molar-refractivity contribution < 1.29 is 4.42 Å². The Morgan fingerprint density at radius 1 is 1.04 bits per heavy atom. The van der Waals surface area contributed by atoms with E-state index in [9.17, 15) is 0 Å². The van der Waals surface area contributed by atoms with Crippen LogP contribution in [0.4, 0.5) is 0 Å². The summed E-state index contributed by atoms with van der Waals surface area (Å²) in [4.78, 5) is 4.69. The normalized spacial score (nSPS) is 11.3. The summed E-state index contributed by atoms with van der Waals surface area (Å²) in [6, 6.07) is 16.7. The predicted octanol–water partition coefficient (Wildman–Crippen LogP) is 3.59. The van der Waals surface area contributed by atoms with Crippen LogP contribution in [-0.2, 0) is 12.8 Å². The molecule has 0 saturated carbocycles. The third kappa shape index (κ3) is 3.94. The van der Waals surface area contributed by atoms with Crippen molar-refractivity contribution in [3.8, 4) is 11.1 Å². The first-order valence-corrected chi connectivity index (χ1v) is 9.86. The summed E-state index contributed by atoms with van der Waals surface area (Å²) in [6.45, 7) is 0.687. The van der Waals surface area contributed by atoms with Crippen LogP contribution >= 0.6 is 23.5 Å². The van der Waals surface area contributed by atoms with Gasteiger partial charge in [-0.25, -0.2) is 4.98 Å². The molecule has 2 aromatic carbocycles. The Morgan fingerprint density at radius 3 is 2.73 bits per heavy atom. The minimum Gasteiger partial charge on any atom is -0.425 e. The average molecular weight is 384 g/mol. The van der Waals surface area contributed by atoms with Gasteiger partial charge in [0.05, 0.1) is 16.6 Å².